The number of nitrogens with zero attached hydrogens (tertiary/aromatic N) is 2. The number of aryl methyl sites for hydroxylation is 1. The predicted molar refractivity (Wildman–Crippen MR) is 87.7 cm³/mol. The molecule has 1 heterocycles. The first-order valence-electron chi connectivity index (χ1n) is 7.97. The molecule has 22 heavy (non-hydrogen) atoms. The van der Waals surface area contributed by atoms with E-state index in [4.69, 9.17) is 5.26 Å². The van der Waals surface area contributed by atoms with Crippen molar-refractivity contribution in [2.75, 3.05) is 12.3 Å². The lowest BCUT2D eigenvalue weighted by Gasteiger charge is -2.35. The summed E-state index contributed by atoms with van der Waals surface area (Å²) >= 11 is 0. The molecule has 0 aromatic heterocycles. The lowest BCUT2D eigenvalue weighted by Crippen LogP contribution is -2.39. The maximum absolute atomic E-state index is 12.6. The highest BCUT2D eigenvalue weighted by atomic mass is 32.2. The fourth-order valence-electron chi connectivity index (χ4n) is 2.97. The maximum atomic E-state index is 12.6. The molecule has 0 radical (unpaired) electrons. The van der Waals surface area contributed by atoms with Gasteiger partial charge in [0.2, 0.25) is 10.0 Å². The minimum absolute atomic E-state index is 0.0321. The van der Waals surface area contributed by atoms with Crippen molar-refractivity contribution in [1.82, 2.24) is 4.31 Å². The number of sulfonamides is 1. The third-order valence-corrected chi connectivity index (χ3v) is 6.17. The number of hydrogen-bond acceptors (Lipinski definition) is 3. The molecular formula is C17H24N2O2S. The van der Waals surface area contributed by atoms with Crippen LogP contribution in [0.5, 0.6) is 0 Å². The van der Waals surface area contributed by atoms with Crippen LogP contribution in [0.15, 0.2) is 24.3 Å². The standard InChI is InChI=1S/C17H24N2O2S/c1-15-8-10-16(11-9-15)17-7-3-5-13-19(17)22(20,21)14-6-2-4-12-18/h8-11,17H,2-7,13-14H2,1H3/t17-/m0/s1. The van der Waals surface area contributed by atoms with E-state index in [0.29, 0.717) is 25.8 Å². The van der Waals surface area contributed by atoms with Gasteiger partial charge in [-0.1, -0.05) is 36.2 Å². The third kappa shape index (κ3) is 4.31. The molecule has 1 aromatic carbocycles. The van der Waals surface area contributed by atoms with Crippen LogP contribution in [0.1, 0.15) is 55.7 Å². The Balaban J connectivity index is 2.12. The molecule has 0 spiro atoms. The van der Waals surface area contributed by atoms with Gasteiger partial charge in [0.05, 0.1) is 11.8 Å². The molecule has 1 aromatic rings. The number of rotatable bonds is 6. The van der Waals surface area contributed by atoms with Crippen molar-refractivity contribution in [3.05, 3.63) is 35.4 Å². The molecule has 0 saturated carbocycles. The van der Waals surface area contributed by atoms with Crippen LogP contribution in [0.3, 0.4) is 0 Å². The fourth-order valence-corrected chi connectivity index (χ4v) is 4.79. The van der Waals surface area contributed by atoms with Crippen molar-refractivity contribution >= 4 is 10.0 Å². The van der Waals surface area contributed by atoms with Crippen molar-refractivity contribution in [3.8, 4) is 6.07 Å². The third-order valence-electron chi connectivity index (χ3n) is 4.21. The minimum atomic E-state index is -3.25. The van der Waals surface area contributed by atoms with Crippen LogP contribution in [0.2, 0.25) is 0 Å². The van der Waals surface area contributed by atoms with Gasteiger partial charge >= 0.3 is 0 Å². The SMILES string of the molecule is Cc1ccc([C@@H]2CCCCN2S(=O)(=O)CCCCC#N)cc1. The van der Waals surface area contributed by atoms with E-state index in [9.17, 15) is 8.42 Å². The molecule has 0 bridgehead atoms. The Morgan fingerprint density at radius 1 is 1.23 bits per heavy atom. The van der Waals surface area contributed by atoms with E-state index in [-0.39, 0.29) is 11.8 Å². The van der Waals surface area contributed by atoms with Crippen LogP contribution in [0, 0.1) is 18.3 Å². The number of nitriles is 1. The van der Waals surface area contributed by atoms with Crippen molar-refractivity contribution in [3.63, 3.8) is 0 Å². The lowest BCUT2D eigenvalue weighted by molar-refractivity contribution is 0.256. The Morgan fingerprint density at radius 2 is 1.95 bits per heavy atom. The first kappa shape index (κ1) is 17.0. The second kappa shape index (κ2) is 7.75. The number of piperidine rings is 1. The van der Waals surface area contributed by atoms with Gasteiger partial charge in [-0.3, -0.25) is 0 Å². The monoisotopic (exact) mass is 320 g/mol. The maximum Gasteiger partial charge on any atom is 0.214 e. The van der Waals surface area contributed by atoms with Crippen LogP contribution < -0.4 is 0 Å². The Hall–Kier alpha value is -1.38. The van der Waals surface area contributed by atoms with Crippen molar-refractivity contribution in [1.29, 1.82) is 5.26 Å². The van der Waals surface area contributed by atoms with Crippen LogP contribution in [-0.2, 0) is 10.0 Å². The first-order valence-corrected chi connectivity index (χ1v) is 9.58. The Bertz CT molecular complexity index is 617. The van der Waals surface area contributed by atoms with Crippen LogP contribution in [0.4, 0.5) is 0 Å². The fraction of sp³-hybridized carbons (Fsp3) is 0.588. The van der Waals surface area contributed by atoms with Crippen LogP contribution in [-0.4, -0.2) is 25.0 Å². The summed E-state index contributed by atoms with van der Waals surface area (Å²) in [5, 5.41) is 8.55. The van der Waals surface area contributed by atoms with Crippen molar-refractivity contribution in [2.24, 2.45) is 0 Å². The molecule has 5 heteroatoms. The molecule has 2 rings (SSSR count). The van der Waals surface area contributed by atoms with Crippen molar-refractivity contribution in [2.45, 2.75) is 51.5 Å². The van der Waals surface area contributed by atoms with Gasteiger partial charge in [-0.05, 0) is 38.2 Å². The van der Waals surface area contributed by atoms with Gasteiger partial charge in [0.1, 0.15) is 0 Å². The second-order valence-corrected chi connectivity index (χ2v) is 8.01. The van der Waals surface area contributed by atoms with Gasteiger partial charge in [-0.15, -0.1) is 0 Å². The largest absolute Gasteiger partial charge is 0.214 e. The average Bonchev–Trinajstić information content (AvgIpc) is 2.52. The van der Waals surface area contributed by atoms with E-state index < -0.39 is 10.0 Å². The first-order chi connectivity index (χ1) is 10.5. The molecule has 4 nitrogen and oxygen atoms in total. The smallest absolute Gasteiger partial charge is 0.212 e. The zero-order valence-corrected chi connectivity index (χ0v) is 14.0. The Labute approximate surface area is 133 Å². The van der Waals surface area contributed by atoms with Gasteiger partial charge < -0.3 is 0 Å². The van der Waals surface area contributed by atoms with Crippen molar-refractivity contribution < 1.29 is 8.42 Å². The molecule has 1 aliphatic rings. The topological polar surface area (TPSA) is 61.2 Å². The van der Waals surface area contributed by atoms with Gasteiger partial charge in [0, 0.05) is 19.0 Å². The minimum Gasteiger partial charge on any atom is -0.212 e. The zero-order valence-electron chi connectivity index (χ0n) is 13.2. The highest BCUT2D eigenvalue weighted by molar-refractivity contribution is 7.89. The van der Waals surface area contributed by atoms with Gasteiger partial charge in [-0.25, -0.2) is 8.42 Å². The van der Waals surface area contributed by atoms with E-state index >= 15 is 0 Å². The normalized spacial score (nSPS) is 19.7. The summed E-state index contributed by atoms with van der Waals surface area (Å²) in [5.74, 6) is 0.150. The zero-order chi connectivity index (χ0) is 16.0. The molecule has 1 atom stereocenters. The summed E-state index contributed by atoms with van der Waals surface area (Å²) in [6, 6.07) is 10.2. The second-order valence-electron chi connectivity index (χ2n) is 5.96. The summed E-state index contributed by atoms with van der Waals surface area (Å²) in [4.78, 5) is 0. The molecule has 0 amide bonds. The van der Waals surface area contributed by atoms with Crippen LogP contribution in [0.25, 0.3) is 0 Å². The highest BCUT2D eigenvalue weighted by Gasteiger charge is 2.32. The number of unbranched alkanes of at least 4 members (excludes halogenated alkanes) is 2. The molecule has 0 unspecified atom stereocenters. The average molecular weight is 320 g/mol. The van der Waals surface area contributed by atoms with E-state index in [2.05, 4.69) is 6.07 Å². The summed E-state index contributed by atoms with van der Waals surface area (Å²) in [6.45, 7) is 2.65. The van der Waals surface area contributed by atoms with Crippen LogP contribution >= 0.6 is 0 Å². The molecule has 120 valence electrons. The quantitative estimate of drug-likeness (QED) is 0.753. The summed E-state index contributed by atoms with van der Waals surface area (Å²) in [6.07, 6.45) is 4.53. The Morgan fingerprint density at radius 3 is 2.64 bits per heavy atom. The molecule has 1 saturated heterocycles. The molecule has 1 fully saturated rings. The van der Waals surface area contributed by atoms with Gasteiger partial charge in [-0.2, -0.15) is 9.57 Å². The summed E-state index contributed by atoms with van der Waals surface area (Å²) in [5.41, 5.74) is 2.27. The predicted octanol–water partition coefficient (Wildman–Crippen LogP) is 3.55. The lowest BCUT2D eigenvalue weighted by atomic mass is 9.97. The van der Waals surface area contributed by atoms with E-state index in [1.807, 2.05) is 31.2 Å². The number of benzene rings is 1. The van der Waals surface area contributed by atoms with E-state index in [1.54, 1.807) is 4.31 Å². The van der Waals surface area contributed by atoms with Gasteiger partial charge in [0.25, 0.3) is 0 Å². The summed E-state index contributed by atoms with van der Waals surface area (Å²) < 4.78 is 27.0. The molecule has 1 aliphatic heterocycles. The van der Waals surface area contributed by atoms with Gasteiger partial charge in [0.15, 0.2) is 0 Å². The highest BCUT2D eigenvalue weighted by Crippen LogP contribution is 2.33. The van der Waals surface area contributed by atoms with E-state index in [0.717, 1.165) is 24.8 Å². The molecular weight excluding hydrogens is 296 g/mol. The molecule has 0 aliphatic carbocycles. The Kier molecular flexibility index (Phi) is 5.98. The molecule has 0 N–H and O–H groups in total. The summed E-state index contributed by atoms with van der Waals surface area (Å²) in [7, 11) is -3.25. The van der Waals surface area contributed by atoms with E-state index in [1.165, 1.54) is 5.56 Å². The number of hydrogen-bond donors (Lipinski definition) is 0.